The summed E-state index contributed by atoms with van der Waals surface area (Å²) in [6.07, 6.45) is 10.1. The summed E-state index contributed by atoms with van der Waals surface area (Å²) in [4.78, 5) is 30.7. The number of hydrogen-bond donors (Lipinski definition) is 0. The van der Waals surface area contributed by atoms with Crippen LogP contribution in [0.4, 0.5) is 0 Å². The largest absolute Gasteiger partial charge is 0.462 e. The topological polar surface area (TPSA) is 65.0 Å². The van der Waals surface area contributed by atoms with Crippen molar-refractivity contribution in [3.05, 3.63) is 60.3 Å². The number of aliphatic imine (C=N–C) groups is 1. The Balaban J connectivity index is 2.37. The van der Waals surface area contributed by atoms with Crippen molar-refractivity contribution in [2.45, 2.75) is 64.9 Å². The van der Waals surface area contributed by atoms with Gasteiger partial charge in [-0.2, -0.15) is 0 Å². The summed E-state index contributed by atoms with van der Waals surface area (Å²) >= 11 is 2.88. The quantitative estimate of drug-likeness (QED) is 0.106. The van der Waals surface area contributed by atoms with Gasteiger partial charge < -0.3 is 9.47 Å². The predicted octanol–water partition coefficient (Wildman–Crippen LogP) is 7.03. The Morgan fingerprint density at radius 3 is 2.44 bits per heavy atom. The van der Waals surface area contributed by atoms with Crippen LogP contribution in [-0.4, -0.2) is 41.5 Å². The van der Waals surface area contributed by atoms with Gasteiger partial charge in [-0.15, -0.1) is 30.1 Å². The molecule has 1 aliphatic carbocycles. The molecule has 1 saturated carbocycles. The Morgan fingerprint density at radius 2 is 1.86 bits per heavy atom. The molecule has 36 heavy (non-hydrogen) atoms. The summed E-state index contributed by atoms with van der Waals surface area (Å²) in [7, 11) is 0. The van der Waals surface area contributed by atoms with E-state index >= 15 is 0 Å². The molecular weight excluding hydrogens is 490 g/mol. The van der Waals surface area contributed by atoms with Crippen LogP contribution in [0.15, 0.2) is 59.8 Å². The van der Waals surface area contributed by atoms with E-state index in [0.717, 1.165) is 19.3 Å². The van der Waals surface area contributed by atoms with E-state index in [-0.39, 0.29) is 35.7 Å². The summed E-state index contributed by atoms with van der Waals surface area (Å²) in [5.41, 5.74) is 1.22. The van der Waals surface area contributed by atoms with E-state index in [1.54, 1.807) is 19.1 Å². The number of carbonyl (C=O) groups is 2. The molecule has 0 bridgehead atoms. The molecule has 2 rings (SSSR count). The number of benzene rings is 1. The van der Waals surface area contributed by atoms with Crippen molar-refractivity contribution in [3.8, 4) is 0 Å². The molecule has 0 amide bonds. The monoisotopic (exact) mass is 531 g/mol. The lowest BCUT2D eigenvalue weighted by molar-refractivity contribution is -0.159. The van der Waals surface area contributed by atoms with Crippen molar-refractivity contribution < 1.29 is 19.1 Å². The fourth-order valence-electron chi connectivity index (χ4n) is 4.83. The second-order valence-corrected chi connectivity index (χ2v) is 11.6. The summed E-state index contributed by atoms with van der Waals surface area (Å²) in [6.45, 7) is 12.5. The third-order valence-electron chi connectivity index (χ3n) is 6.89. The average Bonchev–Trinajstić information content (AvgIpc) is 2.86. The number of carbonyl (C=O) groups excluding carboxylic acids is 2. The number of esters is 2. The molecule has 1 aromatic rings. The van der Waals surface area contributed by atoms with Crippen molar-refractivity contribution in [1.29, 1.82) is 0 Å². The Bertz CT molecular complexity index is 936. The molecule has 198 valence electrons. The van der Waals surface area contributed by atoms with Crippen molar-refractivity contribution in [1.82, 2.24) is 0 Å². The molecule has 0 radical (unpaired) electrons. The van der Waals surface area contributed by atoms with Crippen LogP contribution in [0.3, 0.4) is 0 Å². The summed E-state index contributed by atoms with van der Waals surface area (Å²) in [5.74, 6) is -0.905. The molecule has 0 N–H and O–H groups in total. The summed E-state index contributed by atoms with van der Waals surface area (Å²) in [6, 6.07) is 10.4. The van der Waals surface area contributed by atoms with Gasteiger partial charge in [0.1, 0.15) is 16.2 Å². The maximum Gasteiger partial charge on any atom is 0.356 e. The molecule has 0 spiro atoms. The average molecular weight is 532 g/mol. The molecule has 1 aromatic carbocycles. The van der Waals surface area contributed by atoms with Gasteiger partial charge in [-0.1, -0.05) is 63.6 Å². The molecule has 5 nitrogen and oxygen atoms in total. The number of thioether (sulfide) groups is 2. The molecule has 0 aromatic heterocycles. The van der Waals surface area contributed by atoms with E-state index in [2.05, 4.69) is 56.6 Å². The van der Waals surface area contributed by atoms with Crippen LogP contribution in [0.1, 0.15) is 58.9 Å². The lowest BCUT2D eigenvalue weighted by atomic mass is 9.64. The first-order valence-corrected chi connectivity index (χ1v) is 15.0. The minimum absolute atomic E-state index is 0.123. The Morgan fingerprint density at radius 1 is 1.19 bits per heavy atom. The first-order chi connectivity index (χ1) is 17.2. The molecule has 0 saturated heterocycles. The van der Waals surface area contributed by atoms with Crippen LogP contribution in [-0.2, 0) is 24.5 Å². The van der Waals surface area contributed by atoms with Gasteiger partial charge >= 0.3 is 11.9 Å². The number of nitrogens with zero attached hydrogens (tertiary/aromatic N) is 1. The molecule has 7 heteroatoms. The first-order valence-electron chi connectivity index (χ1n) is 12.6. The first kappa shape index (κ1) is 30.2. The Kier molecular flexibility index (Phi) is 12.3. The summed E-state index contributed by atoms with van der Waals surface area (Å²) in [5, 5.41) is 0. The SMILES string of the molecule is C=CC[C@@H](/C=C(\N=C(SC)SC)C(=O)OCC)C(=O)OC1CC(C)CCC1C(C)(C)c1ccccc1. The third kappa shape index (κ3) is 8.27. The van der Waals surface area contributed by atoms with Crippen LogP contribution in [0.2, 0.25) is 0 Å². The third-order valence-corrected chi connectivity index (χ3v) is 8.78. The van der Waals surface area contributed by atoms with Crippen LogP contribution in [0.5, 0.6) is 0 Å². The van der Waals surface area contributed by atoms with Crippen LogP contribution in [0.25, 0.3) is 0 Å². The van der Waals surface area contributed by atoms with E-state index < -0.39 is 11.9 Å². The highest BCUT2D eigenvalue weighted by atomic mass is 32.2. The van der Waals surface area contributed by atoms with E-state index in [1.165, 1.54) is 29.1 Å². The summed E-state index contributed by atoms with van der Waals surface area (Å²) < 4.78 is 12.2. The zero-order chi connectivity index (χ0) is 26.7. The highest BCUT2D eigenvalue weighted by molar-refractivity contribution is 8.38. The van der Waals surface area contributed by atoms with Crippen molar-refractivity contribution in [2.75, 3.05) is 19.1 Å². The van der Waals surface area contributed by atoms with Crippen LogP contribution in [0, 0.1) is 17.8 Å². The van der Waals surface area contributed by atoms with Gasteiger partial charge in [0.2, 0.25) is 0 Å². The fourth-order valence-corrected chi connectivity index (χ4v) is 5.88. The fraction of sp³-hybridized carbons (Fsp3) is 0.552. The lowest BCUT2D eigenvalue weighted by Crippen LogP contribution is -2.44. The van der Waals surface area contributed by atoms with Crippen LogP contribution < -0.4 is 0 Å². The highest BCUT2D eigenvalue weighted by Crippen LogP contribution is 2.44. The van der Waals surface area contributed by atoms with Crippen molar-refractivity contribution in [3.63, 3.8) is 0 Å². The number of allylic oxidation sites excluding steroid dienone is 1. The number of rotatable bonds is 10. The molecule has 0 aliphatic heterocycles. The molecule has 4 atom stereocenters. The van der Waals surface area contributed by atoms with Gasteiger partial charge in [0.05, 0.1) is 12.5 Å². The molecule has 1 aliphatic rings. The zero-order valence-electron chi connectivity index (χ0n) is 22.5. The van der Waals surface area contributed by atoms with Crippen molar-refractivity contribution >= 4 is 39.8 Å². The highest BCUT2D eigenvalue weighted by Gasteiger charge is 2.42. The second-order valence-electron chi connectivity index (χ2n) is 9.78. The Labute approximate surface area is 225 Å². The minimum atomic E-state index is -0.673. The van der Waals surface area contributed by atoms with Gasteiger partial charge in [0.25, 0.3) is 0 Å². The van der Waals surface area contributed by atoms with Gasteiger partial charge in [-0.25, -0.2) is 9.79 Å². The van der Waals surface area contributed by atoms with Gasteiger partial charge in [-0.3, -0.25) is 4.79 Å². The molecule has 3 unspecified atom stereocenters. The smallest absolute Gasteiger partial charge is 0.356 e. The molecular formula is C29H41NO4S2. The van der Waals surface area contributed by atoms with Gasteiger partial charge in [-0.05, 0) is 61.7 Å². The van der Waals surface area contributed by atoms with E-state index in [4.69, 9.17) is 9.47 Å². The van der Waals surface area contributed by atoms with E-state index in [9.17, 15) is 9.59 Å². The standard InChI is InChI=1S/C29H41NO4S2/c1-8-13-21(19-24(27(32)33-9-2)30-28(35-6)36-7)26(31)34-25-18-20(3)16-17-23(25)29(4,5)22-14-11-10-12-15-22/h8,10-12,14-15,19-21,23,25H,1,9,13,16-18H2,2-7H3/b24-19-/t20?,21-,23?,25?/m0/s1. The second kappa shape index (κ2) is 14.7. The number of ether oxygens (including phenoxy) is 2. The minimum Gasteiger partial charge on any atom is -0.462 e. The zero-order valence-corrected chi connectivity index (χ0v) is 24.1. The van der Waals surface area contributed by atoms with Crippen LogP contribution >= 0.6 is 23.5 Å². The van der Waals surface area contributed by atoms with Crippen molar-refractivity contribution in [2.24, 2.45) is 22.7 Å². The predicted molar refractivity (Wildman–Crippen MR) is 153 cm³/mol. The molecule has 0 heterocycles. The normalized spacial score (nSPS) is 21.3. The van der Waals surface area contributed by atoms with E-state index in [0.29, 0.717) is 16.7 Å². The Hall–Kier alpha value is -1.99. The molecule has 1 fully saturated rings. The number of hydrogen-bond acceptors (Lipinski definition) is 7. The maximum atomic E-state index is 13.5. The van der Waals surface area contributed by atoms with E-state index in [1.807, 2.05) is 18.6 Å². The van der Waals surface area contributed by atoms with Gasteiger partial charge in [0, 0.05) is 5.92 Å². The van der Waals surface area contributed by atoms with Gasteiger partial charge in [0.15, 0.2) is 0 Å². The lowest BCUT2D eigenvalue weighted by Gasteiger charge is -2.44. The maximum absolute atomic E-state index is 13.5.